The highest BCUT2D eigenvalue weighted by Gasteiger charge is 2.16. The molecule has 0 aliphatic heterocycles. The van der Waals surface area contributed by atoms with Crippen molar-refractivity contribution in [2.75, 3.05) is 27.5 Å². The van der Waals surface area contributed by atoms with Crippen molar-refractivity contribution in [2.24, 2.45) is 4.99 Å². The molecule has 0 radical (unpaired) electrons. The van der Waals surface area contributed by atoms with Gasteiger partial charge in [-0.25, -0.2) is 0 Å². The second-order valence-corrected chi connectivity index (χ2v) is 4.44. The maximum Gasteiger partial charge on any atom is 0.132 e. The Balaban J connectivity index is 3.53. The lowest BCUT2D eigenvalue weighted by Gasteiger charge is -2.17. The molecule has 0 fully saturated rings. The van der Waals surface area contributed by atoms with Crippen molar-refractivity contribution in [1.29, 1.82) is 0 Å². The number of methoxy groups -OCH3 is 2. The first-order valence-corrected chi connectivity index (χ1v) is 6.56. The van der Waals surface area contributed by atoms with Gasteiger partial charge in [0.05, 0.1) is 19.8 Å². The largest absolute Gasteiger partial charge is 0.496 e. The Hall–Kier alpha value is -1.16. The van der Waals surface area contributed by atoms with Crippen LogP contribution in [0.5, 0.6) is 11.5 Å². The summed E-state index contributed by atoms with van der Waals surface area (Å²) in [6.45, 7) is 4.07. The minimum Gasteiger partial charge on any atom is -0.496 e. The highest BCUT2D eigenvalue weighted by Crippen LogP contribution is 2.35. The van der Waals surface area contributed by atoms with Gasteiger partial charge in [0.25, 0.3) is 0 Å². The van der Waals surface area contributed by atoms with Crippen LogP contribution in [0.25, 0.3) is 0 Å². The van der Waals surface area contributed by atoms with Crippen molar-refractivity contribution < 1.29 is 9.47 Å². The summed E-state index contributed by atoms with van der Waals surface area (Å²) in [4.78, 5) is 4.28. The summed E-state index contributed by atoms with van der Waals surface area (Å²) >= 11 is 1.60. The van der Waals surface area contributed by atoms with E-state index in [0.29, 0.717) is 0 Å². The van der Waals surface area contributed by atoms with Crippen LogP contribution in [0.3, 0.4) is 0 Å². The molecule has 3 nitrogen and oxygen atoms in total. The van der Waals surface area contributed by atoms with E-state index in [2.05, 4.69) is 4.99 Å². The number of hydrogen-bond donors (Lipinski definition) is 0. The molecule has 0 saturated heterocycles. The number of nitrogens with zero attached hydrogens (tertiary/aromatic N) is 1. The molecule has 17 heavy (non-hydrogen) atoms. The molecule has 4 heteroatoms. The predicted molar refractivity (Wildman–Crippen MR) is 75.0 cm³/mol. The van der Waals surface area contributed by atoms with E-state index in [9.17, 15) is 0 Å². The van der Waals surface area contributed by atoms with E-state index in [4.69, 9.17) is 9.47 Å². The molecule has 0 unspecified atom stereocenters. The first-order valence-electron chi connectivity index (χ1n) is 5.34. The lowest BCUT2D eigenvalue weighted by atomic mass is 10.0. The molecule has 0 amide bonds. The summed E-state index contributed by atoms with van der Waals surface area (Å²) in [6, 6.07) is 1.99. The van der Waals surface area contributed by atoms with Crippen LogP contribution in [0.4, 0.5) is 0 Å². The number of benzene rings is 1. The Morgan fingerprint density at radius 1 is 1.18 bits per heavy atom. The molecule has 1 aromatic rings. The van der Waals surface area contributed by atoms with Gasteiger partial charge in [-0.1, -0.05) is 0 Å². The van der Waals surface area contributed by atoms with Crippen LogP contribution in [0.2, 0.25) is 0 Å². The van der Waals surface area contributed by atoms with Crippen LogP contribution >= 0.6 is 11.8 Å². The molecule has 0 spiro atoms. The second-order valence-electron chi connectivity index (χ2n) is 3.64. The third-order valence-electron chi connectivity index (χ3n) is 2.84. The van der Waals surface area contributed by atoms with Crippen molar-refractivity contribution >= 4 is 16.8 Å². The molecule has 0 saturated carbocycles. The van der Waals surface area contributed by atoms with Gasteiger partial charge in [0.2, 0.25) is 0 Å². The van der Waals surface area contributed by atoms with Crippen LogP contribution in [-0.4, -0.2) is 32.6 Å². The maximum absolute atomic E-state index is 5.49. The molecule has 0 N–H and O–H groups in total. The third kappa shape index (κ3) is 2.57. The number of rotatable bonds is 3. The average molecular weight is 253 g/mol. The minimum absolute atomic E-state index is 0.869. The normalized spacial score (nSPS) is 11.5. The Labute approximate surface area is 107 Å². The summed E-state index contributed by atoms with van der Waals surface area (Å²) in [5.74, 6) is 1.74. The van der Waals surface area contributed by atoms with Crippen LogP contribution < -0.4 is 9.47 Å². The smallest absolute Gasteiger partial charge is 0.132 e. The van der Waals surface area contributed by atoms with Gasteiger partial charge in [-0.15, -0.1) is 11.8 Å². The van der Waals surface area contributed by atoms with Crippen molar-refractivity contribution in [3.8, 4) is 11.5 Å². The van der Waals surface area contributed by atoms with Crippen molar-refractivity contribution in [3.63, 3.8) is 0 Å². The van der Waals surface area contributed by atoms with E-state index >= 15 is 0 Å². The standard InChI is InChI=1S/C13H19NO2S/c1-8-9(2)12(16-5)10(7-11(8)15-4)13(14-3)17-6/h7H,1-6H3. The molecule has 0 atom stereocenters. The monoisotopic (exact) mass is 253 g/mol. The fraction of sp³-hybridized carbons (Fsp3) is 0.462. The summed E-state index contributed by atoms with van der Waals surface area (Å²) in [5.41, 5.74) is 3.18. The zero-order valence-electron chi connectivity index (χ0n) is 11.2. The van der Waals surface area contributed by atoms with Gasteiger partial charge in [0.15, 0.2) is 0 Å². The van der Waals surface area contributed by atoms with E-state index in [0.717, 1.165) is 33.2 Å². The second kappa shape index (κ2) is 5.96. The topological polar surface area (TPSA) is 30.8 Å². The third-order valence-corrected chi connectivity index (χ3v) is 3.63. The Kier molecular flexibility index (Phi) is 4.87. The minimum atomic E-state index is 0.869. The Morgan fingerprint density at radius 3 is 2.24 bits per heavy atom. The van der Waals surface area contributed by atoms with E-state index in [1.165, 1.54) is 0 Å². The van der Waals surface area contributed by atoms with Gasteiger partial charge in [-0.3, -0.25) is 4.99 Å². The summed E-state index contributed by atoms with van der Waals surface area (Å²) < 4.78 is 10.9. The molecular weight excluding hydrogens is 234 g/mol. The number of thioether (sulfide) groups is 1. The van der Waals surface area contributed by atoms with Crippen molar-refractivity contribution in [2.45, 2.75) is 13.8 Å². The molecule has 1 rings (SSSR count). The highest BCUT2D eigenvalue weighted by molar-refractivity contribution is 8.13. The lowest BCUT2D eigenvalue weighted by molar-refractivity contribution is 0.397. The molecule has 0 aliphatic rings. The molecular formula is C13H19NO2S. The maximum atomic E-state index is 5.49. The first-order chi connectivity index (χ1) is 8.10. The van der Waals surface area contributed by atoms with E-state index < -0.39 is 0 Å². The van der Waals surface area contributed by atoms with Crippen LogP contribution in [0.15, 0.2) is 11.1 Å². The number of ether oxygens (including phenoxy) is 2. The molecule has 1 aromatic carbocycles. The van der Waals surface area contributed by atoms with Gasteiger partial charge in [-0.05, 0) is 37.3 Å². The summed E-state index contributed by atoms with van der Waals surface area (Å²) in [6.07, 6.45) is 2.00. The fourth-order valence-electron chi connectivity index (χ4n) is 1.82. The van der Waals surface area contributed by atoms with Crippen LogP contribution in [-0.2, 0) is 0 Å². The van der Waals surface area contributed by atoms with Gasteiger partial charge in [-0.2, -0.15) is 0 Å². The molecule has 0 aliphatic carbocycles. The zero-order chi connectivity index (χ0) is 13.0. The van der Waals surface area contributed by atoms with E-state index in [-0.39, 0.29) is 0 Å². The number of hydrogen-bond acceptors (Lipinski definition) is 4. The van der Waals surface area contributed by atoms with Crippen molar-refractivity contribution in [1.82, 2.24) is 0 Å². The zero-order valence-corrected chi connectivity index (χ0v) is 12.1. The van der Waals surface area contributed by atoms with Crippen molar-refractivity contribution in [3.05, 3.63) is 22.8 Å². The molecule has 0 aromatic heterocycles. The molecule has 94 valence electrons. The number of aliphatic imine (C=N–C) groups is 1. The predicted octanol–water partition coefficient (Wildman–Crippen LogP) is 3.06. The Morgan fingerprint density at radius 2 is 1.82 bits per heavy atom. The fourth-order valence-corrected chi connectivity index (χ4v) is 2.37. The van der Waals surface area contributed by atoms with Gasteiger partial charge < -0.3 is 9.47 Å². The van der Waals surface area contributed by atoms with Gasteiger partial charge >= 0.3 is 0 Å². The van der Waals surface area contributed by atoms with Gasteiger partial charge in [0.1, 0.15) is 16.5 Å². The summed E-state index contributed by atoms with van der Waals surface area (Å²) in [7, 11) is 5.15. The lowest BCUT2D eigenvalue weighted by Crippen LogP contribution is -2.04. The SMILES string of the molecule is CN=C(SC)c1cc(OC)c(C)c(C)c1OC. The average Bonchev–Trinajstić information content (AvgIpc) is 2.35. The summed E-state index contributed by atoms with van der Waals surface area (Å²) in [5, 5.41) is 0.947. The quantitative estimate of drug-likeness (QED) is 0.613. The Bertz CT molecular complexity index is 442. The van der Waals surface area contributed by atoms with Gasteiger partial charge in [0, 0.05) is 7.05 Å². The van der Waals surface area contributed by atoms with E-state index in [1.807, 2.05) is 26.2 Å². The first kappa shape index (κ1) is 13.9. The highest BCUT2D eigenvalue weighted by atomic mass is 32.2. The van der Waals surface area contributed by atoms with Crippen LogP contribution in [0.1, 0.15) is 16.7 Å². The van der Waals surface area contributed by atoms with E-state index in [1.54, 1.807) is 33.0 Å². The molecule has 0 heterocycles. The molecule has 0 bridgehead atoms. The van der Waals surface area contributed by atoms with Crippen LogP contribution in [0, 0.1) is 13.8 Å².